The van der Waals surface area contributed by atoms with Gasteiger partial charge in [-0.25, -0.2) is 9.78 Å². The zero-order valence-corrected chi connectivity index (χ0v) is 20.8. The van der Waals surface area contributed by atoms with Crippen LogP contribution in [0, 0.1) is 6.92 Å². The quantitative estimate of drug-likeness (QED) is 0.507. The second-order valence-electron chi connectivity index (χ2n) is 9.31. The maximum atomic E-state index is 12.7. The molecule has 2 aromatic rings. The van der Waals surface area contributed by atoms with E-state index in [-0.39, 0.29) is 19.5 Å². The van der Waals surface area contributed by atoms with Gasteiger partial charge in [0.2, 0.25) is 0 Å². The molecule has 2 aliphatic rings. The molecule has 0 saturated carbocycles. The Bertz CT molecular complexity index is 1090. The predicted octanol–water partition coefficient (Wildman–Crippen LogP) is 3.83. The molecule has 9 nitrogen and oxygen atoms in total. The van der Waals surface area contributed by atoms with E-state index >= 15 is 0 Å². The number of morpholine rings is 1. The van der Waals surface area contributed by atoms with Gasteiger partial charge in [0.25, 0.3) is 0 Å². The van der Waals surface area contributed by atoms with Gasteiger partial charge in [0.1, 0.15) is 11.6 Å². The number of aryl methyl sites for hydroxylation is 1. The van der Waals surface area contributed by atoms with Crippen LogP contribution in [0.1, 0.15) is 18.9 Å². The average Bonchev–Trinajstić information content (AvgIpc) is 3.31. The van der Waals surface area contributed by atoms with Crippen LogP contribution < -0.4 is 15.5 Å². The minimum Gasteiger partial charge on any atom is -0.392 e. The van der Waals surface area contributed by atoms with Crippen molar-refractivity contribution in [2.75, 3.05) is 61.5 Å². The molecule has 0 aliphatic carbocycles. The molecule has 0 radical (unpaired) electrons. The second kappa shape index (κ2) is 11.5. The van der Waals surface area contributed by atoms with E-state index in [9.17, 15) is 23.1 Å². The largest absolute Gasteiger partial charge is 0.522 e. The highest BCUT2D eigenvalue weighted by molar-refractivity contribution is 5.91. The molecule has 3 N–H and O–H groups in total. The van der Waals surface area contributed by atoms with Gasteiger partial charge in [-0.15, -0.1) is 13.2 Å². The molecule has 37 heavy (non-hydrogen) atoms. The van der Waals surface area contributed by atoms with E-state index in [4.69, 9.17) is 9.72 Å². The fourth-order valence-corrected chi connectivity index (χ4v) is 4.38. The number of aliphatic hydroxyl groups is 1. The molecule has 1 aromatic heterocycles. The third kappa shape index (κ3) is 7.46. The Morgan fingerprint density at radius 1 is 1.24 bits per heavy atom. The second-order valence-corrected chi connectivity index (χ2v) is 9.31. The third-order valence-corrected chi connectivity index (χ3v) is 6.26. The van der Waals surface area contributed by atoms with E-state index in [0.717, 1.165) is 22.5 Å². The van der Waals surface area contributed by atoms with E-state index in [1.54, 1.807) is 13.0 Å². The number of ether oxygens (including phenoxy) is 2. The Kier molecular flexibility index (Phi) is 8.40. The normalized spacial score (nSPS) is 19.1. The number of aromatic nitrogens is 1. The van der Waals surface area contributed by atoms with Crippen LogP contribution in [0.5, 0.6) is 0 Å². The Morgan fingerprint density at radius 2 is 2.00 bits per heavy atom. The Balaban J connectivity index is 1.54. The summed E-state index contributed by atoms with van der Waals surface area (Å²) in [7, 11) is 0. The fourth-order valence-electron chi connectivity index (χ4n) is 4.38. The van der Waals surface area contributed by atoms with Crippen LogP contribution in [-0.2, 0) is 9.47 Å². The number of alkyl halides is 3. The maximum Gasteiger partial charge on any atom is 0.522 e. The monoisotopic (exact) mass is 523 g/mol. The summed E-state index contributed by atoms with van der Waals surface area (Å²) in [5.74, 6) is 1.39. The predicted molar refractivity (Wildman–Crippen MR) is 134 cm³/mol. The summed E-state index contributed by atoms with van der Waals surface area (Å²) in [4.78, 5) is 20.9. The molecule has 1 aromatic carbocycles. The van der Waals surface area contributed by atoms with Crippen molar-refractivity contribution >= 4 is 23.4 Å². The molecule has 202 valence electrons. The topological polar surface area (TPSA) is 99.2 Å². The van der Waals surface area contributed by atoms with E-state index < -0.39 is 24.6 Å². The molecular weight excluding hydrogens is 491 g/mol. The van der Waals surface area contributed by atoms with Gasteiger partial charge in [0, 0.05) is 38.4 Å². The van der Waals surface area contributed by atoms with Crippen molar-refractivity contribution < 1.29 is 32.5 Å². The first-order valence-electron chi connectivity index (χ1n) is 12.3. The highest BCUT2D eigenvalue weighted by Gasteiger charge is 2.37. The van der Waals surface area contributed by atoms with Gasteiger partial charge in [-0.1, -0.05) is 6.07 Å². The van der Waals surface area contributed by atoms with Crippen molar-refractivity contribution in [1.82, 2.24) is 9.88 Å². The molecule has 2 amide bonds. The first-order chi connectivity index (χ1) is 17.6. The number of carbonyl (C=O) groups excluding carboxylic acids is 1. The lowest BCUT2D eigenvalue weighted by Crippen LogP contribution is -2.36. The first-order valence-corrected chi connectivity index (χ1v) is 12.3. The number of pyridine rings is 1. The number of anilines is 3. The van der Waals surface area contributed by atoms with Gasteiger partial charge >= 0.3 is 12.4 Å². The molecule has 12 heteroatoms. The molecule has 2 atom stereocenters. The van der Waals surface area contributed by atoms with Gasteiger partial charge in [-0.2, -0.15) is 0 Å². The number of rotatable bonds is 7. The smallest absolute Gasteiger partial charge is 0.392 e. The number of amides is 2. The lowest BCUT2D eigenvalue weighted by Gasteiger charge is -2.28. The first kappa shape index (κ1) is 27.0. The summed E-state index contributed by atoms with van der Waals surface area (Å²) in [6, 6.07) is 8.86. The fraction of sp³-hybridized carbons (Fsp3) is 0.520. The van der Waals surface area contributed by atoms with Crippen LogP contribution in [-0.4, -0.2) is 85.5 Å². The lowest BCUT2D eigenvalue weighted by molar-refractivity contribution is -0.340. The van der Waals surface area contributed by atoms with Gasteiger partial charge in [0.15, 0.2) is 0 Å². The molecule has 2 saturated heterocycles. The third-order valence-electron chi connectivity index (χ3n) is 6.26. The Labute approximate surface area is 213 Å². The zero-order valence-electron chi connectivity index (χ0n) is 20.8. The molecule has 1 unspecified atom stereocenters. The van der Waals surface area contributed by atoms with Crippen molar-refractivity contribution in [2.24, 2.45) is 0 Å². The minimum atomic E-state index is -4.73. The SMILES string of the molecule is Cc1ccc(NC(=O)N2CC[C@@H](OC(F)(F)F)C2)cc1-c1cc(NCC(C)O)nc(N2CCOCC2)c1. The molecule has 2 aliphatic heterocycles. The number of hydrogen-bond acceptors (Lipinski definition) is 7. The standard InChI is InChI=1S/C25H32F3N5O4/c1-16-3-4-19(30-24(35)33-6-5-20(15-33)37-25(26,27)28)13-21(16)18-11-22(29-14-17(2)34)31-23(12-18)32-7-9-36-10-8-32/h3-4,11-13,17,20,34H,5-10,14-15H2,1-2H3,(H,29,31)(H,30,35)/t17?,20-/m1/s1. The van der Waals surface area contributed by atoms with E-state index in [0.29, 0.717) is 44.4 Å². The van der Waals surface area contributed by atoms with Crippen LogP contribution in [0.15, 0.2) is 30.3 Å². The van der Waals surface area contributed by atoms with Crippen LogP contribution >= 0.6 is 0 Å². The number of halogens is 3. The summed E-state index contributed by atoms with van der Waals surface area (Å²) in [5, 5.41) is 15.7. The van der Waals surface area contributed by atoms with Crippen molar-refractivity contribution in [2.45, 2.75) is 38.8 Å². The number of aliphatic hydroxyl groups excluding tert-OH is 1. The van der Waals surface area contributed by atoms with Crippen molar-refractivity contribution in [3.63, 3.8) is 0 Å². The molecule has 0 bridgehead atoms. The average molecular weight is 524 g/mol. The van der Waals surface area contributed by atoms with E-state index in [1.165, 1.54) is 4.90 Å². The molecule has 0 spiro atoms. The van der Waals surface area contributed by atoms with Gasteiger partial charge in [-0.3, -0.25) is 4.74 Å². The van der Waals surface area contributed by atoms with Crippen molar-refractivity contribution in [3.05, 3.63) is 35.9 Å². The van der Waals surface area contributed by atoms with Crippen LogP contribution in [0.25, 0.3) is 11.1 Å². The van der Waals surface area contributed by atoms with Gasteiger partial charge < -0.3 is 30.3 Å². The van der Waals surface area contributed by atoms with Gasteiger partial charge in [-0.05, 0) is 61.2 Å². The van der Waals surface area contributed by atoms with Crippen LogP contribution in [0.4, 0.5) is 35.3 Å². The number of benzene rings is 1. The highest BCUT2D eigenvalue weighted by atomic mass is 19.4. The number of nitrogens with zero attached hydrogens (tertiary/aromatic N) is 3. The van der Waals surface area contributed by atoms with Crippen LogP contribution in [0.2, 0.25) is 0 Å². The maximum absolute atomic E-state index is 12.7. The van der Waals surface area contributed by atoms with E-state index in [1.807, 2.05) is 31.2 Å². The number of nitrogens with one attached hydrogen (secondary N) is 2. The summed E-state index contributed by atoms with van der Waals surface area (Å²) >= 11 is 0. The molecular formula is C25H32F3N5O4. The zero-order chi connectivity index (χ0) is 26.6. The highest BCUT2D eigenvalue weighted by Crippen LogP contribution is 2.32. The minimum absolute atomic E-state index is 0.121. The van der Waals surface area contributed by atoms with Crippen molar-refractivity contribution in [1.29, 1.82) is 0 Å². The molecule has 2 fully saturated rings. The Morgan fingerprint density at radius 3 is 2.70 bits per heavy atom. The number of urea groups is 1. The molecule has 4 rings (SSSR count). The number of likely N-dealkylation sites (tertiary alicyclic amines) is 1. The number of hydrogen-bond donors (Lipinski definition) is 3. The lowest BCUT2D eigenvalue weighted by atomic mass is 10.00. The van der Waals surface area contributed by atoms with Crippen molar-refractivity contribution in [3.8, 4) is 11.1 Å². The van der Waals surface area contributed by atoms with Crippen LogP contribution in [0.3, 0.4) is 0 Å². The van der Waals surface area contributed by atoms with E-state index in [2.05, 4.69) is 20.3 Å². The summed E-state index contributed by atoms with van der Waals surface area (Å²) in [6.07, 6.45) is -6.22. The summed E-state index contributed by atoms with van der Waals surface area (Å²) in [6.45, 7) is 6.65. The van der Waals surface area contributed by atoms with Gasteiger partial charge in [0.05, 0.1) is 25.4 Å². The number of carbonyl (C=O) groups is 1. The molecule has 3 heterocycles. The summed E-state index contributed by atoms with van der Waals surface area (Å²) < 4.78 is 47.1. The summed E-state index contributed by atoms with van der Waals surface area (Å²) in [5.41, 5.74) is 3.24. The Hall–Kier alpha value is -3.09.